The number of oxazole rings is 1. The molecule has 1 aliphatic carbocycles. The third-order valence-electron chi connectivity index (χ3n) is 4.85. The van der Waals surface area contributed by atoms with Crippen LogP contribution in [0.15, 0.2) is 33.9 Å². The number of aromatic nitrogens is 1. The summed E-state index contributed by atoms with van der Waals surface area (Å²) in [6.45, 7) is -0.997. The molecule has 1 aromatic carbocycles. The molecule has 0 radical (unpaired) electrons. The summed E-state index contributed by atoms with van der Waals surface area (Å²) in [6, 6.07) is 2.17. The zero-order valence-electron chi connectivity index (χ0n) is 14.7. The largest absolute Gasteiger partial charge is 0.445 e. The van der Waals surface area contributed by atoms with E-state index in [2.05, 4.69) is 20.8 Å². The van der Waals surface area contributed by atoms with Crippen LogP contribution in [0.5, 0.6) is 0 Å². The molecule has 1 fully saturated rings. The quantitative estimate of drug-likeness (QED) is 0.648. The smallest absolute Gasteiger partial charge is 0.303 e. The van der Waals surface area contributed by atoms with Crippen molar-refractivity contribution >= 4 is 17.6 Å². The van der Waals surface area contributed by atoms with Crippen molar-refractivity contribution in [3.63, 3.8) is 0 Å². The minimum atomic E-state index is -3.09. The molecule has 2 heterocycles. The fraction of sp³-hybridized carbons (Fsp3) is 0.353. The van der Waals surface area contributed by atoms with E-state index in [0.29, 0.717) is 0 Å². The lowest BCUT2D eigenvalue weighted by Gasteiger charge is -2.29. The fourth-order valence-electron chi connectivity index (χ4n) is 3.41. The van der Waals surface area contributed by atoms with Crippen molar-refractivity contribution in [1.29, 1.82) is 0 Å². The van der Waals surface area contributed by atoms with Gasteiger partial charge in [0.15, 0.2) is 17.9 Å². The number of nitrogens with zero attached hydrogens (tertiary/aromatic N) is 2. The summed E-state index contributed by atoms with van der Waals surface area (Å²) in [6.07, 6.45) is -1.87. The highest BCUT2D eigenvalue weighted by Crippen LogP contribution is 2.53. The third kappa shape index (κ3) is 3.28. The minimum absolute atomic E-state index is 0.0142. The van der Waals surface area contributed by atoms with Gasteiger partial charge in [0, 0.05) is 23.2 Å². The van der Waals surface area contributed by atoms with Crippen molar-refractivity contribution in [1.82, 2.24) is 10.5 Å². The molecule has 1 aromatic heterocycles. The van der Waals surface area contributed by atoms with Gasteiger partial charge in [-0.3, -0.25) is 4.79 Å². The second kappa shape index (κ2) is 7.03. The maximum atomic E-state index is 14.6. The van der Waals surface area contributed by atoms with Gasteiger partial charge in [0.2, 0.25) is 5.89 Å². The summed E-state index contributed by atoms with van der Waals surface area (Å²) in [5, 5.41) is 2.39. The van der Waals surface area contributed by atoms with Gasteiger partial charge in [0.25, 0.3) is 12.3 Å². The second-order valence-corrected chi connectivity index (χ2v) is 6.65. The molecule has 29 heavy (non-hydrogen) atoms. The zero-order chi connectivity index (χ0) is 20.8. The first-order valence-electron chi connectivity index (χ1n) is 8.52. The number of nitrogens with two attached hydrogens (primary N) is 1. The van der Waals surface area contributed by atoms with Gasteiger partial charge < -0.3 is 20.3 Å². The van der Waals surface area contributed by atoms with E-state index < -0.39 is 53.9 Å². The Bertz CT molecular complexity index is 982. The molecule has 4 N–H and O–H groups in total. The number of anilines is 1. The van der Waals surface area contributed by atoms with Crippen LogP contribution in [0, 0.1) is 11.7 Å². The van der Waals surface area contributed by atoms with Crippen molar-refractivity contribution in [3.05, 3.63) is 47.4 Å². The van der Waals surface area contributed by atoms with E-state index in [9.17, 15) is 22.4 Å². The van der Waals surface area contributed by atoms with Crippen molar-refractivity contribution < 1.29 is 31.6 Å². The van der Waals surface area contributed by atoms with Gasteiger partial charge >= 0.3 is 6.02 Å². The number of amidine groups is 1. The number of benzene rings is 1. The van der Waals surface area contributed by atoms with Crippen molar-refractivity contribution in [2.75, 3.05) is 5.32 Å². The lowest BCUT2D eigenvalue weighted by molar-refractivity contribution is 0.0367. The van der Waals surface area contributed by atoms with Gasteiger partial charge in [-0.25, -0.2) is 27.5 Å². The number of hydrogen-bond donors (Lipinski definition) is 3. The fourth-order valence-corrected chi connectivity index (χ4v) is 3.41. The Morgan fingerprint density at radius 2 is 2.24 bits per heavy atom. The van der Waals surface area contributed by atoms with Gasteiger partial charge in [-0.05, 0) is 24.6 Å². The molecule has 0 bridgehead atoms. The van der Waals surface area contributed by atoms with Gasteiger partial charge in [-0.15, -0.1) is 5.48 Å². The Morgan fingerprint density at radius 1 is 1.45 bits per heavy atom. The Hall–Kier alpha value is -3.15. The first-order chi connectivity index (χ1) is 13.8. The van der Waals surface area contributed by atoms with E-state index in [4.69, 9.17) is 15.0 Å². The average Bonchev–Trinajstić information content (AvgIpc) is 3.33. The number of aliphatic imine (C=N–C) groups is 1. The molecule has 2 aromatic rings. The molecule has 4 rings (SSSR count). The molecule has 1 aliphatic heterocycles. The van der Waals surface area contributed by atoms with E-state index in [1.807, 2.05) is 0 Å². The monoisotopic (exact) mass is 413 g/mol. The van der Waals surface area contributed by atoms with E-state index in [-0.39, 0.29) is 23.7 Å². The maximum absolute atomic E-state index is 14.6. The van der Waals surface area contributed by atoms with Crippen molar-refractivity contribution in [2.24, 2.45) is 16.6 Å². The van der Waals surface area contributed by atoms with E-state index in [1.165, 1.54) is 6.07 Å². The summed E-state index contributed by atoms with van der Waals surface area (Å²) in [5.41, 5.74) is 5.11. The average molecular weight is 413 g/mol. The molecule has 0 unspecified atom stereocenters. The molecule has 154 valence electrons. The van der Waals surface area contributed by atoms with Crippen molar-refractivity contribution in [2.45, 2.75) is 31.1 Å². The molecular weight excluding hydrogens is 398 g/mol. The Labute approximate surface area is 161 Å². The van der Waals surface area contributed by atoms with E-state index in [0.717, 1.165) is 18.4 Å². The zero-order valence-corrected chi connectivity index (χ0v) is 14.7. The lowest BCUT2D eigenvalue weighted by atomic mass is 9.84. The lowest BCUT2D eigenvalue weighted by Crippen LogP contribution is -2.38. The van der Waals surface area contributed by atoms with Crippen LogP contribution in [0.4, 0.5) is 23.2 Å². The molecule has 2 aliphatic rings. The summed E-state index contributed by atoms with van der Waals surface area (Å²) >= 11 is 0. The highest BCUT2D eigenvalue weighted by Gasteiger charge is 2.62. The highest BCUT2D eigenvalue weighted by atomic mass is 19.3. The first kappa shape index (κ1) is 19.2. The first-order valence-corrected chi connectivity index (χ1v) is 8.52. The summed E-state index contributed by atoms with van der Waals surface area (Å²) < 4.78 is 60.3. The summed E-state index contributed by atoms with van der Waals surface area (Å²) in [5.74, 6) is -2.77. The van der Waals surface area contributed by atoms with Gasteiger partial charge in [0.05, 0.1) is 0 Å². The molecule has 12 heteroatoms. The maximum Gasteiger partial charge on any atom is 0.303 e. The predicted octanol–water partition coefficient (Wildman–Crippen LogP) is 2.23. The molecule has 0 spiro atoms. The number of nitrogens with one attached hydrogen (secondary N) is 2. The second-order valence-electron chi connectivity index (χ2n) is 6.65. The van der Waals surface area contributed by atoms with Gasteiger partial charge in [0.1, 0.15) is 12.1 Å². The molecule has 1 saturated carbocycles. The number of amides is 1. The number of hydrogen-bond acceptors (Lipinski definition) is 7. The van der Waals surface area contributed by atoms with Gasteiger partial charge in [-0.2, -0.15) is 0 Å². The standard InChI is InChI=1S/C17H15F4N5O3/c18-5-13-24-12(6-28-13)14(27)23-7-1-2-10(19)8(3-7)17(15(20)21)9-4-11(9)26-29-16(22)25-17/h1-3,6,9,11,15,26H,4-5H2,(H2,22,25)(H,23,27)/t9-,11+,17+/m0/s1. The van der Waals surface area contributed by atoms with E-state index >= 15 is 0 Å². The van der Waals surface area contributed by atoms with Crippen molar-refractivity contribution in [3.8, 4) is 0 Å². The van der Waals surface area contributed by atoms with Crippen LogP contribution >= 0.6 is 0 Å². The number of halogens is 4. The molecule has 1 amide bonds. The number of fused-ring (bicyclic) bond motifs is 1. The number of carbonyl (C=O) groups is 1. The van der Waals surface area contributed by atoms with E-state index in [1.54, 1.807) is 0 Å². The SMILES string of the molecule is NC1=N[C@@](c2cc(NC(=O)c3coc(CF)n3)ccc2F)(C(F)F)[C@H]2C[C@H]2NO1. The molecule has 8 nitrogen and oxygen atoms in total. The Kier molecular flexibility index (Phi) is 4.65. The summed E-state index contributed by atoms with van der Waals surface area (Å²) in [4.78, 5) is 24.5. The Balaban J connectivity index is 1.70. The molecule has 0 saturated heterocycles. The predicted molar refractivity (Wildman–Crippen MR) is 91.1 cm³/mol. The third-order valence-corrected chi connectivity index (χ3v) is 4.85. The van der Waals surface area contributed by atoms with Gasteiger partial charge in [-0.1, -0.05) is 0 Å². The van der Waals surface area contributed by atoms with Crippen LogP contribution in [0.25, 0.3) is 0 Å². The van der Waals surface area contributed by atoms with Crippen LogP contribution in [-0.2, 0) is 17.1 Å². The topological polar surface area (TPSA) is 115 Å². The Morgan fingerprint density at radius 3 is 2.93 bits per heavy atom. The van der Waals surface area contributed by atoms with Crippen LogP contribution in [0.1, 0.15) is 28.4 Å². The summed E-state index contributed by atoms with van der Waals surface area (Å²) in [7, 11) is 0. The number of carbonyl (C=O) groups excluding carboxylic acids is 1. The van der Waals surface area contributed by atoms with Crippen LogP contribution in [0.3, 0.4) is 0 Å². The molecular formula is C17H15F4N5O3. The molecule has 3 atom stereocenters. The van der Waals surface area contributed by atoms with Crippen LogP contribution in [-0.4, -0.2) is 29.4 Å². The number of alkyl halides is 3. The minimum Gasteiger partial charge on any atom is -0.445 e. The number of rotatable bonds is 5. The van der Waals surface area contributed by atoms with Crippen LogP contribution < -0.4 is 16.5 Å². The normalized spacial score (nSPS) is 25.6. The highest BCUT2D eigenvalue weighted by molar-refractivity contribution is 6.02. The number of hydroxylamine groups is 1. The van der Waals surface area contributed by atoms with Crippen LogP contribution in [0.2, 0.25) is 0 Å².